The minimum atomic E-state index is -0.788. The first-order chi connectivity index (χ1) is 25.0. The number of esters is 3. The van der Waals surface area contributed by atoms with Crippen LogP contribution in [0.2, 0.25) is 0 Å². The summed E-state index contributed by atoms with van der Waals surface area (Å²) in [6, 6.07) is 0. The SMILES string of the molecule is CC/C=C\C/C=C\C/C=C\C/C=C\CCCCC(=O)OCC(COC(=O)CCCCCCCC)OC(=O)CCCCCCC/C=C\CCCCC. The van der Waals surface area contributed by atoms with Crippen LogP contribution in [0.25, 0.3) is 0 Å². The smallest absolute Gasteiger partial charge is 0.306 e. The van der Waals surface area contributed by atoms with Crippen molar-refractivity contribution in [3.8, 4) is 0 Å². The molecule has 0 heterocycles. The van der Waals surface area contributed by atoms with Crippen molar-refractivity contribution in [2.24, 2.45) is 0 Å². The Labute approximate surface area is 313 Å². The van der Waals surface area contributed by atoms with Gasteiger partial charge in [0.05, 0.1) is 0 Å². The average Bonchev–Trinajstić information content (AvgIpc) is 3.13. The largest absolute Gasteiger partial charge is 0.462 e. The second kappa shape index (κ2) is 39.9. The standard InChI is InChI=1S/C45H76O6/c1-4-7-10-13-16-18-20-22-23-24-26-27-29-32-35-38-44(47)50-41-42(40-49-43(46)37-34-31-15-12-9-6-3)51-45(48)39-36-33-30-28-25-21-19-17-14-11-8-5-2/h7,10,16-19,22-23,26-27,42H,4-6,8-9,11-15,20-21,24-25,28-41H2,1-3H3/b10-7-,18-16-,19-17-,23-22-,27-26-. The summed E-state index contributed by atoms with van der Waals surface area (Å²) < 4.78 is 16.5. The molecule has 0 N–H and O–H groups in total. The van der Waals surface area contributed by atoms with Crippen LogP contribution >= 0.6 is 0 Å². The maximum Gasteiger partial charge on any atom is 0.306 e. The number of hydrogen-bond donors (Lipinski definition) is 0. The van der Waals surface area contributed by atoms with E-state index in [9.17, 15) is 14.4 Å². The molecule has 6 heteroatoms. The zero-order valence-electron chi connectivity index (χ0n) is 33.1. The average molecular weight is 713 g/mol. The molecule has 51 heavy (non-hydrogen) atoms. The lowest BCUT2D eigenvalue weighted by molar-refractivity contribution is -0.167. The van der Waals surface area contributed by atoms with Gasteiger partial charge < -0.3 is 14.2 Å². The van der Waals surface area contributed by atoms with Crippen molar-refractivity contribution >= 4 is 17.9 Å². The van der Waals surface area contributed by atoms with Crippen molar-refractivity contribution in [2.75, 3.05) is 13.2 Å². The number of rotatable bonds is 36. The van der Waals surface area contributed by atoms with E-state index in [0.29, 0.717) is 19.3 Å². The molecule has 6 nitrogen and oxygen atoms in total. The zero-order valence-corrected chi connectivity index (χ0v) is 33.1. The monoisotopic (exact) mass is 713 g/mol. The van der Waals surface area contributed by atoms with Gasteiger partial charge in [0.1, 0.15) is 13.2 Å². The van der Waals surface area contributed by atoms with Gasteiger partial charge in [0.2, 0.25) is 0 Å². The Balaban J connectivity index is 4.40. The highest BCUT2D eigenvalue weighted by Gasteiger charge is 2.19. The molecule has 0 aromatic rings. The number of carbonyl (C=O) groups is 3. The first kappa shape index (κ1) is 48.1. The Morgan fingerprint density at radius 1 is 0.412 bits per heavy atom. The van der Waals surface area contributed by atoms with Gasteiger partial charge in [0.25, 0.3) is 0 Å². The molecule has 0 amide bonds. The van der Waals surface area contributed by atoms with Gasteiger partial charge in [-0.1, -0.05) is 146 Å². The topological polar surface area (TPSA) is 78.9 Å². The Bertz CT molecular complexity index is 960. The minimum Gasteiger partial charge on any atom is -0.462 e. The van der Waals surface area contributed by atoms with Crippen molar-refractivity contribution < 1.29 is 28.6 Å². The lowest BCUT2D eigenvalue weighted by Gasteiger charge is -2.18. The summed E-state index contributed by atoms with van der Waals surface area (Å²) in [4.78, 5) is 37.4. The Hall–Kier alpha value is -2.89. The second-order valence-electron chi connectivity index (χ2n) is 13.5. The fourth-order valence-corrected chi connectivity index (χ4v) is 5.37. The predicted molar refractivity (Wildman–Crippen MR) is 215 cm³/mol. The molecular weight excluding hydrogens is 636 g/mol. The van der Waals surface area contributed by atoms with Crippen LogP contribution in [0, 0.1) is 0 Å². The van der Waals surface area contributed by atoms with Crippen LogP contribution < -0.4 is 0 Å². The number of hydrogen-bond acceptors (Lipinski definition) is 6. The van der Waals surface area contributed by atoms with Crippen LogP contribution in [0.4, 0.5) is 0 Å². The molecule has 0 bridgehead atoms. The van der Waals surface area contributed by atoms with E-state index in [-0.39, 0.29) is 31.1 Å². The quantitative estimate of drug-likeness (QED) is 0.0278. The van der Waals surface area contributed by atoms with Crippen LogP contribution in [0.1, 0.15) is 188 Å². The van der Waals surface area contributed by atoms with Gasteiger partial charge in [0, 0.05) is 19.3 Å². The van der Waals surface area contributed by atoms with Gasteiger partial charge >= 0.3 is 17.9 Å². The van der Waals surface area contributed by atoms with E-state index in [0.717, 1.165) is 96.3 Å². The number of unbranched alkanes of at least 4 members (excludes halogenated alkanes) is 15. The van der Waals surface area contributed by atoms with Gasteiger partial charge in [0.15, 0.2) is 6.10 Å². The van der Waals surface area contributed by atoms with Crippen LogP contribution in [-0.2, 0) is 28.6 Å². The van der Waals surface area contributed by atoms with Crippen molar-refractivity contribution in [3.05, 3.63) is 60.8 Å². The van der Waals surface area contributed by atoms with E-state index in [4.69, 9.17) is 14.2 Å². The summed E-state index contributed by atoms with van der Waals surface area (Å²) in [5.74, 6) is -0.962. The first-order valence-electron chi connectivity index (χ1n) is 20.8. The normalized spacial score (nSPS) is 12.6. The Morgan fingerprint density at radius 2 is 0.765 bits per heavy atom. The van der Waals surface area contributed by atoms with Gasteiger partial charge in [-0.05, 0) is 83.5 Å². The van der Waals surface area contributed by atoms with Crippen molar-refractivity contribution in [1.82, 2.24) is 0 Å². The van der Waals surface area contributed by atoms with Gasteiger partial charge in [-0.25, -0.2) is 0 Å². The van der Waals surface area contributed by atoms with Crippen LogP contribution in [0.3, 0.4) is 0 Å². The predicted octanol–water partition coefficient (Wildman–Crippen LogP) is 13.0. The molecular formula is C45H76O6. The van der Waals surface area contributed by atoms with Crippen molar-refractivity contribution in [1.29, 1.82) is 0 Å². The van der Waals surface area contributed by atoms with E-state index in [2.05, 4.69) is 81.5 Å². The molecule has 0 aliphatic heterocycles. The highest BCUT2D eigenvalue weighted by atomic mass is 16.6. The molecule has 1 atom stereocenters. The molecule has 0 fully saturated rings. The number of carbonyl (C=O) groups excluding carboxylic acids is 3. The lowest BCUT2D eigenvalue weighted by Crippen LogP contribution is -2.30. The molecule has 0 rings (SSSR count). The van der Waals surface area contributed by atoms with E-state index in [1.54, 1.807) is 0 Å². The molecule has 0 aromatic heterocycles. The van der Waals surface area contributed by atoms with Crippen molar-refractivity contribution in [2.45, 2.75) is 194 Å². The van der Waals surface area contributed by atoms with Gasteiger partial charge in [-0.3, -0.25) is 14.4 Å². The van der Waals surface area contributed by atoms with Crippen LogP contribution in [0.5, 0.6) is 0 Å². The molecule has 0 aromatic carbocycles. The summed E-state index contributed by atoms with van der Waals surface area (Å²) in [6.45, 7) is 6.36. The van der Waals surface area contributed by atoms with E-state index >= 15 is 0 Å². The van der Waals surface area contributed by atoms with E-state index in [1.165, 1.54) is 51.4 Å². The highest BCUT2D eigenvalue weighted by molar-refractivity contribution is 5.71. The maximum absolute atomic E-state index is 12.6. The zero-order chi connectivity index (χ0) is 37.3. The lowest BCUT2D eigenvalue weighted by atomic mass is 10.1. The summed E-state index contributed by atoms with van der Waals surface area (Å²) in [5.41, 5.74) is 0. The molecule has 0 aliphatic rings. The van der Waals surface area contributed by atoms with E-state index in [1.807, 2.05) is 0 Å². The molecule has 0 radical (unpaired) electrons. The minimum absolute atomic E-state index is 0.0918. The third-order valence-electron chi connectivity index (χ3n) is 8.51. The summed E-state index contributed by atoms with van der Waals surface area (Å²) in [5, 5.41) is 0. The fraction of sp³-hybridized carbons (Fsp3) is 0.711. The summed E-state index contributed by atoms with van der Waals surface area (Å²) in [7, 11) is 0. The Kier molecular flexibility index (Phi) is 37.6. The van der Waals surface area contributed by atoms with Gasteiger partial charge in [-0.15, -0.1) is 0 Å². The molecule has 1 unspecified atom stereocenters. The summed E-state index contributed by atoms with van der Waals surface area (Å²) in [6.07, 6.45) is 46.5. The third kappa shape index (κ3) is 38.2. The molecule has 292 valence electrons. The highest BCUT2D eigenvalue weighted by Crippen LogP contribution is 2.12. The molecule has 0 aliphatic carbocycles. The molecule has 0 saturated heterocycles. The first-order valence-corrected chi connectivity index (χ1v) is 20.8. The third-order valence-corrected chi connectivity index (χ3v) is 8.51. The fourth-order valence-electron chi connectivity index (χ4n) is 5.37. The maximum atomic E-state index is 12.6. The van der Waals surface area contributed by atoms with Gasteiger partial charge in [-0.2, -0.15) is 0 Å². The van der Waals surface area contributed by atoms with Crippen LogP contribution in [-0.4, -0.2) is 37.2 Å². The van der Waals surface area contributed by atoms with E-state index < -0.39 is 6.10 Å². The Morgan fingerprint density at radius 3 is 1.29 bits per heavy atom. The van der Waals surface area contributed by atoms with Crippen LogP contribution in [0.15, 0.2) is 60.8 Å². The number of ether oxygens (including phenoxy) is 3. The molecule has 0 spiro atoms. The number of allylic oxidation sites excluding steroid dienone is 10. The second-order valence-corrected chi connectivity index (χ2v) is 13.5. The molecule has 0 saturated carbocycles. The van der Waals surface area contributed by atoms with Crippen molar-refractivity contribution in [3.63, 3.8) is 0 Å². The summed E-state index contributed by atoms with van der Waals surface area (Å²) >= 11 is 0.